The molecule has 2 aliphatic heterocycles. The van der Waals surface area contributed by atoms with Gasteiger partial charge in [0.05, 0.1) is 0 Å². The molecule has 0 bridgehead atoms. The van der Waals surface area contributed by atoms with Crippen LogP contribution in [0.25, 0.3) is 0 Å². The predicted octanol–water partition coefficient (Wildman–Crippen LogP) is 2.17. The number of imide groups is 1. The van der Waals surface area contributed by atoms with Crippen molar-refractivity contribution in [3.63, 3.8) is 0 Å². The second kappa shape index (κ2) is 9.22. The Labute approximate surface area is 183 Å². The maximum atomic E-state index is 13.4. The molecule has 31 heavy (non-hydrogen) atoms. The Morgan fingerprint density at radius 3 is 2.48 bits per heavy atom. The van der Waals surface area contributed by atoms with Gasteiger partial charge in [-0.3, -0.25) is 14.5 Å². The van der Waals surface area contributed by atoms with Gasteiger partial charge in [0.1, 0.15) is 12.1 Å². The average Bonchev–Trinajstić information content (AvgIpc) is 2.96. The largest absolute Gasteiger partial charge is 0.368 e. The fourth-order valence-corrected chi connectivity index (χ4v) is 5.25. The fourth-order valence-electron chi connectivity index (χ4n) is 5.25. The monoisotopic (exact) mass is 424 g/mol. The number of rotatable bonds is 7. The molecule has 1 aromatic rings. The summed E-state index contributed by atoms with van der Waals surface area (Å²) in [5.74, 6) is -0.255. The van der Waals surface area contributed by atoms with Gasteiger partial charge in [-0.05, 0) is 50.0 Å². The number of hydrogen-bond donors (Lipinski definition) is 1. The number of likely N-dealkylation sites (tertiary alicyclic amines) is 1. The van der Waals surface area contributed by atoms with Crippen LogP contribution in [-0.2, 0) is 16.0 Å². The molecular weight excluding hydrogens is 392 g/mol. The van der Waals surface area contributed by atoms with Crippen molar-refractivity contribution >= 4 is 17.8 Å². The number of amides is 4. The summed E-state index contributed by atoms with van der Waals surface area (Å²) >= 11 is 0. The zero-order valence-corrected chi connectivity index (χ0v) is 18.0. The molecule has 1 aliphatic carbocycles. The van der Waals surface area contributed by atoms with Crippen molar-refractivity contribution in [1.82, 2.24) is 14.7 Å². The molecule has 4 amide bonds. The summed E-state index contributed by atoms with van der Waals surface area (Å²) in [5.41, 5.74) is 5.60. The molecule has 4 rings (SSSR count). The third-order valence-corrected chi connectivity index (χ3v) is 6.98. The molecule has 1 atom stereocenters. The van der Waals surface area contributed by atoms with Gasteiger partial charge in [0.15, 0.2) is 0 Å². The summed E-state index contributed by atoms with van der Waals surface area (Å²) in [5, 5.41) is 0. The van der Waals surface area contributed by atoms with Crippen LogP contribution in [-0.4, -0.2) is 70.8 Å². The van der Waals surface area contributed by atoms with Crippen molar-refractivity contribution in [1.29, 1.82) is 0 Å². The Bertz CT molecular complexity index is 846. The highest BCUT2D eigenvalue weighted by molar-refractivity contribution is 6.09. The fraction of sp³-hybridized carbons (Fsp3) is 0.542. The number of primary amides is 1. The molecule has 2 saturated heterocycles. The van der Waals surface area contributed by atoms with Crippen LogP contribution in [0, 0.1) is 5.92 Å². The van der Waals surface area contributed by atoms with Gasteiger partial charge in [-0.15, -0.1) is 0 Å². The quantitative estimate of drug-likeness (QED) is 0.537. The van der Waals surface area contributed by atoms with E-state index in [1.807, 2.05) is 30.3 Å². The van der Waals surface area contributed by atoms with Gasteiger partial charge in [0.2, 0.25) is 5.91 Å². The molecule has 0 aromatic heterocycles. The van der Waals surface area contributed by atoms with E-state index in [1.54, 1.807) is 4.90 Å². The van der Waals surface area contributed by atoms with Crippen LogP contribution in [0.2, 0.25) is 0 Å². The van der Waals surface area contributed by atoms with Gasteiger partial charge in [-0.2, -0.15) is 0 Å². The zero-order chi connectivity index (χ0) is 21.8. The molecule has 0 radical (unpaired) electrons. The summed E-state index contributed by atoms with van der Waals surface area (Å²) in [7, 11) is 0. The third-order valence-electron chi connectivity index (χ3n) is 6.98. The summed E-state index contributed by atoms with van der Waals surface area (Å²) in [6, 6.07) is 9.57. The second-order valence-electron chi connectivity index (χ2n) is 9.01. The number of carbonyl (C=O) groups is 3. The number of benzene rings is 1. The van der Waals surface area contributed by atoms with Gasteiger partial charge in [0.25, 0.3) is 5.91 Å². The van der Waals surface area contributed by atoms with Crippen molar-refractivity contribution in [3.8, 4) is 0 Å². The first-order valence-corrected chi connectivity index (χ1v) is 11.3. The van der Waals surface area contributed by atoms with Gasteiger partial charge >= 0.3 is 6.03 Å². The molecule has 166 valence electrons. The van der Waals surface area contributed by atoms with Crippen LogP contribution in [0.1, 0.15) is 37.7 Å². The lowest BCUT2D eigenvalue weighted by Crippen LogP contribution is -2.57. The zero-order valence-electron chi connectivity index (χ0n) is 18.0. The van der Waals surface area contributed by atoms with E-state index in [0.717, 1.165) is 42.9 Å². The van der Waals surface area contributed by atoms with Gasteiger partial charge in [0, 0.05) is 26.2 Å². The Morgan fingerprint density at radius 2 is 1.84 bits per heavy atom. The van der Waals surface area contributed by atoms with Crippen LogP contribution in [0.3, 0.4) is 0 Å². The van der Waals surface area contributed by atoms with E-state index >= 15 is 0 Å². The highest BCUT2D eigenvalue weighted by atomic mass is 16.2. The molecule has 1 aromatic carbocycles. The van der Waals surface area contributed by atoms with E-state index in [4.69, 9.17) is 5.73 Å². The minimum atomic E-state index is -0.857. The maximum Gasteiger partial charge on any atom is 0.328 e. The summed E-state index contributed by atoms with van der Waals surface area (Å²) in [6.45, 7) is 2.71. The first kappa shape index (κ1) is 21.6. The average molecular weight is 425 g/mol. The van der Waals surface area contributed by atoms with E-state index in [-0.39, 0.29) is 18.5 Å². The Hall–Kier alpha value is -2.67. The molecule has 7 heteroatoms. The highest BCUT2D eigenvalue weighted by Gasteiger charge is 2.57. The predicted molar refractivity (Wildman–Crippen MR) is 118 cm³/mol. The minimum absolute atomic E-state index is 0.260. The molecular formula is C24H32N4O3. The molecule has 3 aliphatic rings. The Kier molecular flexibility index (Phi) is 6.41. The third kappa shape index (κ3) is 4.51. The SMILES string of the molecule is NC(=O)CN1C(=O)N(CCc2ccccc2)C2(CCN(C[C@H]3CC=CCC3)CC2)C1=O. The Balaban J connectivity index is 1.48. The number of urea groups is 1. The molecule has 1 spiro atoms. The van der Waals surface area contributed by atoms with E-state index in [0.29, 0.717) is 31.7 Å². The molecule has 7 nitrogen and oxygen atoms in total. The van der Waals surface area contributed by atoms with Gasteiger partial charge in [-0.25, -0.2) is 4.79 Å². The molecule has 0 unspecified atom stereocenters. The van der Waals surface area contributed by atoms with E-state index < -0.39 is 11.4 Å². The lowest BCUT2D eigenvalue weighted by molar-refractivity contribution is -0.137. The molecule has 2 fully saturated rings. The second-order valence-corrected chi connectivity index (χ2v) is 9.01. The lowest BCUT2D eigenvalue weighted by Gasteiger charge is -2.43. The van der Waals surface area contributed by atoms with E-state index in [9.17, 15) is 14.4 Å². The highest BCUT2D eigenvalue weighted by Crippen LogP contribution is 2.38. The maximum absolute atomic E-state index is 13.4. The van der Waals surface area contributed by atoms with Crippen LogP contribution in [0.15, 0.2) is 42.5 Å². The summed E-state index contributed by atoms with van der Waals surface area (Å²) in [6.07, 6.45) is 9.87. The number of carbonyl (C=O) groups excluding carboxylic acids is 3. The molecule has 2 heterocycles. The smallest absolute Gasteiger partial charge is 0.328 e. The van der Waals surface area contributed by atoms with Crippen LogP contribution in [0.4, 0.5) is 4.79 Å². The normalized spacial score (nSPS) is 23.7. The summed E-state index contributed by atoms with van der Waals surface area (Å²) < 4.78 is 0. The standard InChI is InChI=1S/C24H32N4O3/c25-21(29)18-27-22(30)24(28(23(27)31)14-11-19-7-3-1-4-8-19)12-15-26(16-13-24)17-20-9-5-2-6-10-20/h1-5,7-8,20H,6,9-18H2,(H2,25,29)/t20-/m0/s1. The molecule has 0 saturated carbocycles. The number of nitrogens with zero attached hydrogens (tertiary/aromatic N) is 3. The number of hydrogen-bond acceptors (Lipinski definition) is 4. The van der Waals surface area contributed by atoms with Crippen LogP contribution in [0.5, 0.6) is 0 Å². The summed E-state index contributed by atoms with van der Waals surface area (Å²) in [4.78, 5) is 43.3. The van der Waals surface area contributed by atoms with E-state index in [1.165, 1.54) is 6.42 Å². The van der Waals surface area contributed by atoms with Crippen molar-refractivity contribution in [2.45, 2.75) is 44.1 Å². The van der Waals surface area contributed by atoms with Gasteiger partial charge < -0.3 is 15.5 Å². The first-order valence-electron chi connectivity index (χ1n) is 11.3. The topological polar surface area (TPSA) is 86.9 Å². The van der Waals surface area contributed by atoms with Crippen molar-refractivity contribution < 1.29 is 14.4 Å². The van der Waals surface area contributed by atoms with Gasteiger partial charge in [-0.1, -0.05) is 42.5 Å². The molecule has 2 N–H and O–H groups in total. The van der Waals surface area contributed by atoms with Crippen LogP contribution < -0.4 is 5.73 Å². The number of allylic oxidation sites excluding steroid dienone is 2. The number of nitrogens with two attached hydrogens (primary N) is 1. The van der Waals surface area contributed by atoms with Crippen molar-refractivity contribution in [2.24, 2.45) is 11.7 Å². The first-order chi connectivity index (χ1) is 15.0. The van der Waals surface area contributed by atoms with Crippen LogP contribution >= 0.6 is 0 Å². The van der Waals surface area contributed by atoms with E-state index in [2.05, 4.69) is 17.1 Å². The Morgan fingerprint density at radius 1 is 1.10 bits per heavy atom. The number of piperidine rings is 1. The lowest BCUT2D eigenvalue weighted by atomic mass is 9.84. The van der Waals surface area contributed by atoms with Crippen molar-refractivity contribution in [3.05, 3.63) is 48.0 Å². The minimum Gasteiger partial charge on any atom is -0.368 e. The van der Waals surface area contributed by atoms with Crippen molar-refractivity contribution in [2.75, 3.05) is 32.7 Å².